The van der Waals surface area contributed by atoms with Crippen LogP contribution in [0.2, 0.25) is 0 Å². The Kier molecular flexibility index (Phi) is 5.01. The van der Waals surface area contributed by atoms with Crippen LogP contribution in [0, 0.1) is 11.8 Å². The molecule has 0 N–H and O–H groups in total. The van der Waals surface area contributed by atoms with Crippen molar-refractivity contribution in [3.05, 3.63) is 0 Å². The molecule has 2 heterocycles. The Morgan fingerprint density at radius 2 is 2.11 bits per heavy atom. The van der Waals surface area contributed by atoms with Crippen LogP contribution in [0.25, 0.3) is 0 Å². The lowest BCUT2D eigenvalue weighted by Gasteiger charge is -2.21. The molecular weight excluding hydrogens is 228 g/mol. The van der Waals surface area contributed by atoms with Crippen LogP contribution in [-0.4, -0.2) is 61.6 Å². The van der Waals surface area contributed by atoms with Gasteiger partial charge in [0.1, 0.15) is 0 Å². The summed E-state index contributed by atoms with van der Waals surface area (Å²) in [5, 5.41) is 0. The molecule has 0 aliphatic carbocycles. The topological polar surface area (TPSA) is 32.8 Å². The SMILES string of the molecule is CCOCC1CCN(C(=O)CN2CCC(C)C2)C1. The van der Waals surface area contributed by atoms with E-state index in [4.69, 9.17) is 4.74 Å². The minimum atomic E-state index is 0.308. The maximum Gasteiger partial charge on any atom is 0.236 e. The highest BCUT2D eigenvalue weighted by Crippen LogP contribution is 2.19. The van der Waals surface area contributed by atoms with Crippen LogP contribution < -0.4 is 0 Å². The maximum atomic E-state index is 12.2. The summed E-state index contributed by atoms with van der Waals surface area (Å²) < 4.78 is 5.44. The third kappa shape index (κ3) is 3.69. The second kappa shape index (κ2) is 6.53. The normalized spacial score (nSPS) is 29.1. The summed E-state index contributed by atoms with van der Waals surface area (Å²) >= 11 is 0. The summed E-state index contributed by atoms with van der Waals surface area (Å²) in [6.45, 7) is 10.5. The minimum Gasteiger partial charge on any atom is -0.381 e. The zero-order valence-corrected chi connectivity index (χ0v) is 11.7. The van der Waals surface area contributed by atoms with E-state index in [1.807, 2.05) is 11.8 Å². The molecule has 1 amide bonds. The first-order chi connectivity index (χ1) is 8.69. The minimum absolute atomic E-state index is 0.308. The first-order valence-corrected chi connectivity index (χ1v) is 7.27. The van der Waals surface area contributed by atoms with E-state index in [1.165, 1.54) is 6.42 Å². The van der Waals surface area contributed by atoms with Crippen molar-refractivity contribution in [2.45, 2.75) is 26.7 Å². The van der Waals surface area contributed by atoms with Gasteiger partial charge in [-0.3, -0.25) is 9.69 Å². The van der Waals surface area contributed by atoms with E-state index in [1.54, 1.807) is 0 Å². The van der Waals surface area contributed by atoms with Crippen LogP contribution in [0.15, 0.2) is 0 Å². The molecule has 0 radical (unpaired) electrons. The number of amides is 1. The van der Waals surface area contributed by atoms with Gasteiger partial charge in [0.15, 0.2) is 0 Å². The van der Waals surface area contributed by atoms with E-state index < -0.39 is 0 Å². The Balaban J connectivity index is 1.70. The predicted molar refractivity (Wildman–Crippen MR) is 71.4 cm³/mol. The molecule has 2 unspecified atom stereocenters. The van der Waals surface area contributed by atoms with Gasteiger partial charge in [-0.1, -0.05) is 6.92 Å². The van der Waals surface area contributed by atoms with Crippen molar-refractivity contribution in [1.29, 1.82) is 0 Å². The Bertz CT molecular complexity index is 283. The number of carbonyl (C=O) groups is 1. The monoisotopic (exact) mass is 254 g/mol. The standard InChI is InChI=1S/C14H26N2O2/c1-3-18-11-13-5-7-16(9-13)14(17)10-15-6-4-12(2)8-15/h12-13H,3-11H2,1-2H3. The van der Waals surface area contributed by atoms with Crippen LogP contribution in [0.5, 0.6) is 0 Å². The summed E-state index contributed by atoms with van der Waals surface area (Å²) in [4.78, 5) is 16.5. The number of likely N-dealkylation sites (tertiary alicyclic amines) is 2. The fourth-order valence-corrected chi connectivity index (χ4v) is 2.94. The molecule has 2 aliphatic heterocycles. The van der Waals surface area contributed by atoms with Crippen LogP contribution in [0.4, 0.5) is 0 Å². The van der Waals surface area contributed by atoms with Crippen molar-refractivity contribution >= 4 is 5.91 Å². The molecule has 2 fully saturated rings. The van der Waals surface area contributed by atoms with Crippen molar-refractivity contribution in [3.63, 3.8) is 0 Å². The van der Waals surface area contributed by atoms with E-state index >= 15 is 0 Å². The molecule has 0 aromatic carbocycles. The Labute approximate surface area is 110 Å². The van der Waals surface area contributed by atoms with Gasteiger partial charge in [0.25, 0.3) is 0 Å². The molecule has 104 valence electrons. The molecule has 2 atom stereocenters. The van der Waals surface area contributed by atoms with Gasteiger partial charge in [-0.15, -0.1) is 0 Å². The lowest BCUT2D eigenvalue weighted by Crippen LogP contribution is -2.38. The first-order valence-electron chi connectivity index (χ1n) is 7.27. The molecule has 0 saturated carbocycles. The average molecular weight is 254 g/mol. The van der Waals surface area contributed by atoms with Crippen molar-refractivity contribution in [1.82, 2.24) is 9.80 Å². The summed E-state index contributed by atoms with van der Waals surface area (Å²) in [7, 11) is 0. The third-order valence-corrected chi connectivity index (χ3v) is 4.06. The van der Waals surface area contributed by atoms with Gasteiger partial charge >= 0.3 is 0 Å². The lowest BCUT2D eigenvalue weighted by atomic mass is 10.1. The molecule has 2 aliphatic rings. The van der Waals surface area contributed by atoms with Crippen LogP contribution in [0.3, 0.4) is 0 Å². The van der Waals surface area contributed by atoms with Crippen molar-refractivity contribution in [2.75, 3.05) is 45.9 Å². The van der Waals surface area contributed by atoms with Crippen molar-refractivity contribution in [3.8, 4) is 0 Å². The van der Waals surface area contributed by atoms with E-state index in [-0.39, 0.29) is 0 Å². The van der Waals surface area contributed by atoms with Crippen LogP contribution in [-0.2, 0) is 9.53 Å². The fourth-order valence-electron chi connectivity index (χ4n) is 2.94. The summed E-state index contributed by atoms with van der Waals surface area (Å²) in [6, 6.07) is 0. The summed E-state index contributed by atoms with van der Waals surface area (Å²) in [5.74, 6) is 1.61. The highest BCUT2D eigenvalue weighted by molar-refractivity contribution is 5.78. The molecule has 2 saturated heterocycles. The highest BCUT2D eigenvalue weighted by Gasteiger charge is 2.28. The van der Waals surface area contributed by atoms with Gasteiger partial charge in [0.2, 0.25) is 5.91 Å². The molecule has 0 spiro atoms. The van der Waals surface area contributed by atoms with E-state index in [0.29, 0.717) is 18.4 Å². The van der Waals surface area contributed by atoms with Gasteiger partial charge in [-0.2, -0.15) is 0 Å². The van der Waals surface area contributed by atoms with Crippen LogP contribution >= 0.6 is 0 Å². The second-order valence-corrected chi connectivity index (χ2v) is 5.78. The first kappa shape index (κ1) is 13.8. The van der Waals surface area contributed by atoms with E-state index in [2.05, 4.69) is 11.8 Å². The molecule has 0 bridgehead atoms. The zero-order chi connectivity index (χ0) is 13.0. The van der Waals surface area contributed by atoms with Gasteiger partial charge < -0.3 is 9.64 Å². The Morgan fingerprint density at radius 3 is 2.78 bits per heavy atom. The van der Waals surface area contributed by atoms with Gasteiger partial charge in [-0.05, 0) is 32.2 Å². The fraction of sp³-hybridized carbons (Fsp3) is 0.929. The summed E-state index contributed by atoms with van der Waals surface area (Å²) in [5.41, 5.74) is 0. The highest BCUT2D eigenvalue weighted by atomic mass is 16.5. The molecule has 0 aromatic heterocycles. The molecule has 18 heavy (non-hydrogen) atoms. The van der Waals surface area contributed by atoms with Crippen molar-refractivity contribution < 1.29 is 9.53 Å². The van der Waals surface area contributed by atoms with Gasteiger partial charge in [0.05, 0.1) is 13.2 Å². The molecule has 0 aromatic rings. The van der Waals surface area contributed by atoms with Crippen molar-refractivity contribution in [2.24, 2.45) is 11.8 Å². The number of nitrogens with zero attached hydrogens (tertiary/aromatic N) is 2. The largest absolute Gasteiger partial charge is 0.381 e. The number of carbonyl (C=O) groups excluding carboxylic acids is 1. The quantitative estimate of drug-likeness (QED) is 0.739. The number of rotatable bonds is 5. The predicted octanol–water partition coefficient (Wildman–Crippen LogP) is 1.21. The average Bonchev–Trinajstić information content (AvgIpc) is 2.96. The van der Waals surface area contributed by atoms with Crippen LogP contribution in [0.1, 0.15) is 26.7 Å². The number of hydrogen-bond acceptors (Lipinski definition) is 3. The van der Waals surface area contributed by atoms with E-state index in [0.717, 1.165) is 51.7 Å². The molecule has 4 heteroatoms. The molecular formula is C14H26N2O2. The zero-order valence-electron chi connectivity index (χ0n) is 11.7. The number of hydrogen-bond donors (Lipinski definition) is 0. The van der Waals surface area contributed by atoms with E-state index in [9.17, 15) is 4.79 Å². The molecule has 4 nitrogen and oxygen atoms in total. The molecule has 2 rings (SSSR count). The Morgan fingerprint density at radius 1 is 1.28 bits per heavy atom. The second-order valence-electron chi connectivity index (χ2n) is 5.78. The smallest absolute Gasteiger partial charge is 0.236 e. The maximum absolute atomic E-state index is 12.2. The Hall–Kier alpha value is -0.610. The summed E-state index contributed by atoms with van der Waals surface area (Å²) in [6.07, 6.45) is 2.34. The number of ether oxygens (including phenoxy) is 1. The third-order valence-electron chi connectivity index (χ3n) is 4.06. The lowest BCUT2D eigenvalue weighted by molar-refractivity contribution is -0.131. The van der Waals surface area contributed by atoms with Gasteiger partial charge in [0, 0.05) is 32.2 Å². The van der Waals surface area contributed by atoms with Gasteiger partial charge in [-0.25, -0.2) is 0 Å².